The molecule has 1 aromatic carbocycles. The lowest BCUT2D eigenvalue weighted by Crippen LogP contribution is -2.52. The minimum absolute atomic E-state index is 0.00980. The Bertz CT molecular complexity index is 699. The molecule has 1 saturated carbocycles. The molecule has 1 saturated heterocycles. The van der Waals surface area contributed by atoms with Gasteiger partial charge in [-0.3, -0.25) is 14.9 Å². The number of halogens is 1. The van der Waals surface area contributed by atoms with Crippen molar-refractivity contribution in [2.75, 3.05) is 7.11 Å². The second-order valence-electron chi connectivity index (χ2n) is 6.09. The van der Waals surface area contributed by atoms with Gasteiger partial charge in [0.25, 0.3) is 11.8 Å². The van der Waals surface area contributed by atoms with Gasteiger partial charge < -0.3 is 15.4 Å². The first-order valence-electron chi connectivity index (χ1n) is 7.71. The largest absolute Gasteiger partial charge is 0.494 e. The van der Waals surface area contributed by atoms with Crippen LogP contribution in [-0.4, -0.2) is 36.5 Å². The molecule has 1 heterocycles. The minimum atomic E-state index is -0.850. The van der Waals surface area contributed by atoms with Crippen LogP contribution in [0.5, 0.6) is 5.75 Å². The molecule has 0 radical (unpaired) electrons. The highest BCUT2D eigenvalue weighted by molar-refractivity contribution is 6.07. The van der Waals surface area contributed by atoms with Crippen molar-refractivity contribution in [1.82, 2.24) is 16.0 Å². The lowest BCUT2D eigenvalue weighted by molar-refractivity contribution is -0.125. The highest BCUT2D eigenvalue weighted by atomic mass is 19.1. The van der Waals surface area contributed by atoms with Crippen molar-refractivity contribution in [3.8, 4) is 5.75 Å². The second kappa shape index (κ2) is 6.10. The van der Waals surface area contributed by atoms with Gasteiger partial charge in [0.15, 0.2) is 11.6 Å². The Labute approximate surface area is 137 Å². The highest BCUT2D eigenvalue weighted by Gasteiger charge is 2.48. The number of hydrogen-bond acceptors (Lipinski definition) is 4. The fourth-order valence-electron chi connectivity index (χ4n) is 3.20. The first-order chi connectivity index (χ1) is 11.4. The van der Waals surface area contributed by atoms with Gasteiger partial charge in [0.1, 0.15) is 5.54 Å². The standard InChI is InChI=1S/C16H18FN3O4/c1-24-12-8-9(2-3-11(12)17)13(21)18-10-4-6-16(7-5-10)14(22)19-15(23)20-16/h2-3,8,10H,4-7H2,1H3,(H,18,21)(H2,19,20,22,23). The Hall–Kier alpha value is -2.64. The van der Waals surface area contributed by atoms with Crippen molar-refractivity contribution in [1.29, 1.82) is 0 Å². The van der Waals surface area contributed by atoms with Crippen LogP contribution in [0, 0.1) is 5.82 Å². The topological polar surface area (TPSA) is 96.5 Å². The van der Waals surface area contributed by atoms with Crippen LogP contribution in [0.4, 0.5) is 9.18 Å². The summed E-state index contributed by atoms with van der Waals surface area (Å²) in [5.41, 5.74) is -0.544. The van der Waals surface area contributed by atoms with Crippen LogP contribution in [0.3, 0.4) is 0 Å². The number of imide groups is 1. The number of methoxy groups -OCH3 is 1. The normalized spacial score (nSPS) is 26.0. The summed E-state index contributed by atoms with van der Waals surface area (Å²) in [5, 5.41) is 7.80. The molecule has 4 amide bonds. The lowest BCUT2D eigenvalue weighted by Gasteiger charge is -2.34. The Kier molecular flexibility index (Phi) is 4.13. The van der Waals surface area contributed by atoms with E-state index in [2.05, 4.69) is 16.0 Å². The average Bonchev–Trinajstić information content (AvgIpc) is 2.83. The fourth-order valence-corrected chi connectivity index (χ4v) is 3.20. The van der Waals surface area contributed by atoms with E-state index < -0.39 is 17.4 Å². The van der Waals surface area contributed by atoms with Gasteiger partial charge in [0.2, 0.25) is 0 Å². The Balaban J connectivity index is 1.61. The van der Waals surface area contributed by atoms with Gasteiger partial charge in [-0.2, -0.15) is 0 Å². The Morgan fingerprint density at radius 3 is 2.62 bits per heavy atom. The maximum Gasteiger partial charge on any atom is 0.322 e. The Morgan fingerprint density at radius 1 is 1.33 bits per heavy atom. The number of carbonyl (C=O) groups is 3. The van der Waals surface area contributed by atoms with E-state index in [0.29, 0.717) is 31.2 Å². The number of carbonyl (C=O) groups excluding carboxylic acids is 3. The third kappa shape index (κ3) is 2.91. The number of ether oxygens (including phenoxy) is 1. The summed E-state index contributed by atoms with van der Waals surface area (Å²) in [7, 11) is 1.33. The molecule has 0 atom stereocenters. The number of rotatable bonds is 3. The summed E-state index contributed by atoms with van der Waals surface area (Å²) in [4.78, 5) is 35.5. The van der Waals surface area contributed by atoms with Crippen LogP contribution in [0.15, 0.2) is 18.2 Å². The molecule has 0 unspecified atom stereocenters. The van der Waals surface area contributed by atoms with Gasteiger partial charge in [0.05, 0.1) is 7.11 Å². The van der Waals surface area contributed by atoms with Gasteiger partial charge in [-0.05, 0) is 43.9 Å². The van der Waals surface area contributed by atoms with Crippen LogP contribution in [0.2, 0.25) is 0 Å². The third-order valence-corrected chi connectivity index (χ3v) is 4.60. The maximum atomic E-state index is 13.4. The summed E-state index contributed by atoms with van der Waals surface area (Å²) in [6.45, 7) is 0. The molecular weight excluding hydrogens is 317 g/mol. The van der Waals surface area contributed by atoms with E-state index in [9.17, 15) is 18.8 Å². The fraction of sp³-hybridized carbons (Fsp3) is 0.438. The van der Waals surface area contributed by atoms with Gasteiger partial charge in [-0.1, -0.05) is 0 Å². The number of nitrogens with one attached hydrogen (secondary N) is 3. The molecule has 1 aliphatic carbocycles. The second-order valence-corrected chi connectivity index (χ2v) is 6.09. The zero-order valence-electron chi connectivity index (χ0n) is 13.1. The molecular formula is C16H18FN3O4. The predicted octanol–water partition coefficient (Wildman–Crippen LogP) is 1.08. The smallest absolute Gasteiger partial charge is 0.322 e. The van der Waals surface area contributed by atoms with Crippen molar-refractivity contribution in [3.63, 3.8) is 0 Å². The molecule has 24 heavy (non-hydrogen) atoms. The van der Waals surface area contributed by atoms with Gasteiger partial charge in [0, 0.05) is 11.6 Å². The van der Waals surface area contributed by atoms with E-state index >= 15 is 0 Å². The molecule has 0 bridgehead atoms. The molecule has 3 N–H and O–H groups in total. The minimum Gasteiger partial charge on any atom is -0.494 e. The van der Waals surface area contributed by atoms with E-state index in [1.807, 2.05) is 0 Å². The molecule has 128 valence electrons. The van der Waals surface area contributed by atoms with Crippen LogP contribution in [0.1, 0.15) is 36.0 Å². The van der Waals surface area contributed by atoms with Crippen LogP contribution >= 0.6 is 0 Å². The van der Waals surface area contributed by atoms with Crippen molar-refractivity contribution in [2.24, 2.45) is 0 Å². The first-order valence-corrected chi connectivity index (χ1v) is 7.71. The zero-order chi connectivity index (χ0) is 17.3. The summed E-state index contributed by atoms with van der Waals surface area (Å²) in [6.07, 6.45) is 2.06. The molecule has 1 aromatic rings. The number of benzene rings is 1. The first kappa shape index (κ1) is 16.2. The summed E-state index contributed by atoms with van der Waals surface area (Å²) >= 11 is 0. The molecule has 3 rings (SSSR count). The quantitative estimate of drug-likeness (QED) is 0.720. The van der Waals surface area contributed by atoms with E-state index in [4.69, 9.17) is 4.74 Å². The monoisotopic (exact) mass is 335 g/mol. The summed E-state index contributed by atoms with van der Waals surface area (Å²) in [6, 6.07) is 3.34. The average molecular weight is 335 g/mol. The molecule has 1 spiro atoms. The van der Waals surface area contributed by atoms with Crippen molar-refractivity contribution in [2.45, 2.75) is 37.3 Å². The van der Waals surface area contributed by atoms with E-state index in [1.54, 1.807) is 0 Å². The van der Waals surface area contributed by atoms with E-state index in [-0.39, 0.29) is 23.6 Å². The van der Waals surface area contributed by atoms with Gasteiger partial charge in [-0.15, -0.1) is 0 Å². The number of amides is 4. The van der Waals surface area contributed by atoms with Gasteiger partial charge in [-0.25, -0.2) is 9.18 Å². The van der Waals surface area contributed by atoms with E-state index in [1.165, 1.54) is 25.3 Å². The molecule has 1 aliphatic heterocycles. The van der Waals surface area contributed by atoms with Crippen molar-refractivity contribution in [3.05, 3.63) is 29.6 Å². The van der Waals surface area contributed by atoms with Crippen LogP contribution < -0.4 is 20.7 Å². The van der Waals surface area contributed by atoms with Gasteiger partial charge >= 0.3 is 6.03 Å². The molecule has 0 aromatic heterocycles. The highest BCUT2D eigenvalue weighted by Crippen LogP contribution is 2.31. The Morgan fingerprint density at radius 2 is 2.04 bits per heavy atom. The molecule has 8 heteroatoms. The molecule has 2 fully saturated rings. The van der Waals surface area contributed by atoms with E-state index in [0.717, 1.165) is 0 Å². The van der Waals surface area contributed by atoms with Crippen molar-refractivity contribution >= 4 is 17.8 Å². The SMILES string of the molecule is COc1cc(C(=O)NC2CCC3(CC2)NC(=O)NC3=O)ccc1F. The number of hydrogen-bond donors (Lipinski definition) is 3. The number of urea groups is 1. The lowest BCUT2D eigenvalue weighted by atomic mass is 9.79. The zero-order valence-corrected chi connectivity index (χ0v) is 13.1. The van der Waals surface area contributed by atoms with Crippen LogP contribution in [-0.2, 0) is 4.79 Å². The summed E-state index contributed by atoms with van der Waals surface area (Å²) in [5.74, 6) is -1.15. The molecule has 7 nitrogen and oxygen atoms in total. The maximum absolute atomic E-state index is 13.4. The summed E-state index contributed by atoms with van der Waals surface area (Å²) < 4.78 is 18.3. The van der Waals surface area contributed by atoms with Crippen molar-refractivity contribution < 1.29 is 23.5 Å². The van der Waals surface area contributed by atoms with Crippen LogP contribution in [0.25, 0.3) is 0 Å². The third-order valence-electron chi connectivity index (χ3n) is 4.60. The molecule has 2 aliphatic rings. The predicted molar refractivity (Wildman–Crippen MR) is 82.1 cm³/mol.